The molecule has 0 aliphatic rings. The normalized spacial score (nSPS) is 12.5. The standard InChI is InChI=1S/C18H20ClFN2O3S/c1-12-16(19)5-4-6-17(12)22(26(3,24)25)11-18(23)21-13(2)14-7-9-15(20)10-8-14/h4-10,13H,11H2,1-3H3,(H,21,23)/t13-/m0/s1. The Kier molecular flexibility index (Phi) is 6.26. The summed E-state index contributed by atoms with van der Waals surface area (Å²) in [5, 5.41) is 3.13. The third-order valence-corrected chi connectivity index (χ3v) is 5.48. The zero-order chi connectivity index (χ0) is 19.5. The molecular formula is C18H20ClFN2O3S. The van der Waals surface area contributed by atoms with Crippen LogP contribution in [0.5, 0.6) is 0 Å². The van der Waals surface area contributed by atoms with Gasteiger partial charge in [0.25, 0.3) is 0 Å². The van der Waals surface area contributed by atoms with E-state index in [2.05, 4.69) is 5.32 Å². The van der Waals surface area contributed by atoms with Gasteiger partial charge in [-0.15, -0.1) is 0 Å². The summed E-state index contributed by atoms with van der Waals surface area (Å²) in [6.45, 7) is 3.04. The van der Waals surface area contributed by atoms with E-state index < -0.39 is 22.0 Å². The lowest BCUT2D eigenvalue weighted by molar-refractivity contribution is -0.120. The summed E-state index contributed by atoms with van der Waals surface area (Å²) < 4.78 is 38.4. The van der Waals surface area contributed by atoms with Crippen LogP contribution in [0.1, 0.15) is 24.1 Å². The van der Waals surface area contributed by atoms with Gasteiger partial charge in [-0.3, -0.25) is 9.10 Å². The highest BCUT2D eigenvalue weighted by atomic mass is 35.5. The minimum atomic E-state index is -3.69. The van der Waals surface area contributed by atoms with E-state index in [0.29, 0.717) is 21.8 Å². The lowest BCUT2D eigenvalue weighted by atomic mass is 10.1. The van der Waals surface area contributed by atoms with E-state index in [1.807, 2.05) is 0 Å². The average molecular weight is 399 g/mol. The molecule has 0 saturated carbocycles. The molecule has 2 aromatic rings. The van der Waals surface area contributed by atoms with Crippen molar-refractivity contribution in [3.05, 3.63) is 64.4 Å². The molecule has 0 aliphatic carbocycles. The van der Waals surface area contributed by atoms with Gasteiger partial charge in [-0.05, 0) is 49.2 Å². The Hall–Kier alpha value is -2.12. The zero-order valence-electron chi connectivity index (χ0n) is 14.7. The molecule has 0 unspecified atom stereocenters. The summed E-state index contributed by atoms with van der Waals surface area (Å²) in [5.41, 5.74) is 1.63. The van der Waals surface area contributed by atoms with E-state index in [1.165, 1.54) is 12.1 Å². The monoisotopic (exact) mass is 398 g/mol. The summed E-state index contributed by atoms with van der Waals surface area (Å²) in [4.78, 5) is 12.4. The van der Waals surface area contributed by atoms with Crippen molar-refractivity contribution >= 4 is 33.2 Å². The Balaban J connectivity index is 2.19. The van der Waals surface area contributed by atoms with Crippen LogP contribution in [0.15, 0.2) is 42.5 Å². The van der Waals surface area contributed by atoms with Crippen molar-refractivity contribution in [3.63, 3.8) is 0 Å². The molecule has 0 aromatic heterocycles. The maximum Gasteiger partial charge on any atom is 0.241 e. The first-order valence-electron chi connectivity index (χ1n) is 7.87. The molecule has 0 saturated heterocycles. The predicted molar refractivity (Wildman–Crippen MR) is 101 cm³/mol. The number of amides is 1. The van der Waals surface area contributed by atoms with Gasteiger partial charge >= 0.3 is 0 Å². The molecule has 1 N–H and O–H groups in total. The van der Waals surface area contributed by atoms with Gasteiger partial charge in [0.2, 0.25) is 15.9 Å². The molecule has 0 radical (unpaired) electrons. The first-order chi connectivity index (χ1) is 12.1. The molecule has 0 aliphatic heterocycles. The van der Waals surface area contributed by atoms with Crippen LogP contribution < -0.4 is 9.62 Å². The van der Waals surface area contributed by atoms with E-state index in [4.69, 9.17) is 11.6 Å². The second-order valence-corrected chi connectivity index (χ2v) is 8.31. The molecular weight excluding hydrogens is 379 g/mol. The molecule has 8 heteroatoms. The van der Waals surface area contributed by atoms with E-state index in [9.17, 15) is 17.6 Å². The molecule has 2 rings (SSSR count). The maximum atomic E-state index is 13.0. The highest BCUT2D eigenvalue weighted by Crippen LogP contribution is 2.28. The van der Waals surface area contributed by atoms with Crippen molar-refractivity contribution in [1.82, 2.24) is 5.32 Å². The van der Waals surface area contributed by atoms with Crippen LogP contribution in [-0.2, 0) is 14.8 Å². The second-order valence-electron chi connectivity index (χ2n) is 5.99. The number of carbonyl (C=O) groups is 1. The number of hydrogen-bond donors (Lipinski definition) is 1. The fourth-order valence-electron chi connectivity index (χ4n) is 2.50. The number of halogens is 2. The van der Waals surface area contributed by atoms with Crippen molar-refractivity contribution in [3.8, 4) is 0 Å². The third kappa shape index (κ3) is 4.95. The van der Waals surface area contributed by atoms with Crippen LogP contribution in [0.25, 0.3) is 0 Å². The minimum Gasteiger partial charge on any atom is -0.348 e. The number of nitrogens with one attached hydrogen (secondary N) is 1. The zero-order valence-corrected chi connectivity index (χ0v) is 16.2. The number of sulfonamides is 1. The topological polar surface area (TPSA) is 66.5 Å². The molecule has 0 heterocycles. The Labute approximate surface area is 157 Å². The van der Waals surface area contributed by atoms with Gasteiger partial charge in [0.15, 0.2) is 0 Å². The lowest BCUT2D eigenvalue weighted by Crippen LogP contribution is -2.41. The van der Waals surface area contributed by atoms with E-state index in [0.717, 1.165) is 10.6 Å². The van der Waals surface area contributed by atoms with E-state index in [1.54, 1.807) is 44.2 Å². The second kappa shape index (κ2) is 8.05. The minimum absolute atomic E-state index is 0.351. The number of nitrogens with zero attached hydrogens (tertiary/aromatic N) is 1. The molecule has 0 bridgehead atoms. The van der Waals surface area contributed by atoms with Crippen LogP contribution in [-0.4, -0.2) is 27.1 Å². The molecule has 2 aromatic carbocycles. The smallest absolute Gasteiger partial charge is 0.241 e. The van der Waals surface area contributed by atoms with Crippen molar-refractivity contribution in [2.24, 2.45) is 0 Å². The lowest BCUT2D eigenvalue weighted by Gasteiger charge is -2.25. The first-order valence-corrected chi connectivity index (χ1v) is 10.1. The highest BCUT2D eigenvalue weighted by molar-refractivity contribution is 7.92. The predicted octanol–water partition coefficient (Wildman–Crippen LogP) is 3.43. The number of anilines is 1. The van der Waals surface area contributed by atoms with Gasteiger partial charge in [-0.25, -0.2) is 12.8 Å². The number of benzene rings is 2. The third-order valence-electron chi connectivity index (χ3n) is 3.94. The summed E-state index contributed by atoms with van der Waals surface area (Å²) in [6.07, 6.45) is 1.03. The van der Waals surface area contributed by atoms with Crippen molar-refractivity contribution in [1.29, 1.82) is 0 Å². The molecule has 140 valence electrons. The molecule has 5 nitrogen and oxygen atoms in total. The Morgan fingerprint density at radius 3 is 2.42 bits per heavy atom. The van der Waals surface area contributed by atoms with Crippen molar-refractivity contribution < 1.29 is 17.6 Å². The quantitative estimate of drug-likeness (QED) is 0.810. The fourth-order valence-corrected chi connectivity index (χ4v) is 3.58. The molecule has 1 atom stereocenters. The summed E-state index contributed by atoms with van der Waals surface area (Å²) in [7, 11) is -3.69. The summed E-state index contributed by atoms with van der Waals surface area (Å²) in [5.74, 6) is -0.849. The van der Waals surface area contributed by atoms with Gasteiger partial charge in [0, 0.05) is 5.02 Å². The maximum absolute atomic E-state index is 13.0. The summed E-state index contributed by atoms with van der Waals surface area (Å²) in [6, 6.07) is 10.2. The highest BCUT2D eigenvalue weighted by Gasteiger charge is 2.23. The van der Waals surface area contributed by atoms with Crippen LogP contribution in [0.4, 0.5) is 10.1 Å². The van der Waals surface area contributed by atoms with E-state index in [-0.39, 0.29) is 12.4 Å². The molecule has 0 fully saturated rings. The average Bonchev–Trinajstić information content (AvgIpc) is 2.55. The molecule has 26 heavy (non-hydrogen) atoms. The Bertz CT molecular complexity index is 901. The first kappa shape index (κ1) is 20.2. The van der Waals surface area contributed by atoms with Gasteiger partial charge in [-0.2, -0.15) is 0 Å². The Morgan fingerprint density at radius 1 is 1.23 bits per heavy atom. The number of hydrogen-bond acceptors (Lipinski definition) is 3. The van der Waals surface area contributed by atoms with Crippen LogP contribution >= 0.6 is 11.6 Å². The summed E-state index contributed by atoms with van der Waals surface area (Å²) >= 11 is 6.07. The van der Waals surface area contributed by atoms with Gasteiger partial charge < -0.3 is 5.32 Å². The van der Waals surface area contributed by atoms with Crippen LogP contribution in [0.3, 0.4) is 0 Å². The van der Waals surface area contributed by atoms with Gasteiger partial charge in [0.05, 0.1) is 18.0 Å². The SMILES string of the molecule is Cc1c(Cl)cccc1N(CC(=O)N[C@@H](C)c1ccc(F)cc1)S(C)(=O)=O. The molecule has 1 amide bonds. The molecule has 0 spiro atoms. The van der Waals surface area contributed by atoms with Crippen molar-refractivity contribution in [2.75, 3.05) is 17.1 Å². The fraction of sp³-hybridized carbons (Fsp3) is 0.278. The number of carbonyl (C=O) groups excluding carboxylic acids is 1. The van der Waals surface area contributed by atoms with Gasteiger partial charge in [0.1, 0.15) is 12.4 Å². The Morgan fingerprint density at radius 2 is 1.85 bits per heavy atom. The van der Waals surface area contributed by atoms with Crippen molar-refractivity contribution in [2.45, 2.75) is 19.9 Å². The number of rotatable bonds is 6. The van der Waals surface area contributed by atoms with E-state index >= 15 is 0 Å². The van der Waals surface area contributed by atoms with Crippen LogP contribution in [0, 0.1) is 12.7 Å². The largest absolute Gasteiger partial charge is 0.348 e. The van der Waals surface area contributed by atoms with Crippen LogP contribution in [0.2, 0.25) is 5.02 Å². The van der Waals surface area contributed by atoms with Gasteiger partial charge in [-0.1, -0.05) is 29.8 Å².